The van der Waals surface area contributed by atoms with Crippen molar-refractivity contribution in [3.63, 3.8) is 0 Å². The highest BCUT2D eigenvalue weighted by Crippen LogP contribution is 2.29. The van der Waals surface area contributed by atoms with Gasteiger partial charge in [0.25, 0.3) is 0 Å². The van der Waals surface area contributed by atoms with Gasteiger partial charge in [-0.2, -0.15) is 0 Å². The molecule has 0 aliphatic rings. The van der Waals surface area contributed by atoms with Gasteiger partial charge in [0.2, 0.25) is 0 Å². The van der Waals surface area contributed by atoms with Crippen LogP contribution in [0.15, 0.2) is 30.7 Å². The molecule has 1 aromatic heterocycles. The van der Waals surface area contributed by atoms with Gasteiger partial charge in [-0.3, -0.25) is 0 Å². The summed E-state index contributed by atoms with van der Waals surface area (Å²) in [6.45, 7) is 2.88. The minimum Gasteiger partial charge on any atom is -0.494 e. The normalized spacial score (nSPS) is 12.4. The second-order valence-corrected chi connectivity index (χ2v) is 4.68. The highest BCUT2D eigenvalue weighted by molar-refractivity contribution is 5.36. The van der Waals surface area contributed by atoms with E-state index in [1.54, 1.807) is 30.7 Å². The first-order valence-electron chi connectivity index (χ1n) is 6.71. The molecule has 2 aromatic rings. The van der Waals surface area contributed by atoms with Gasteiger partial charge in [0.05, 0.1) is 31.4 Å². The monoisotopic (exact) mass is 277 g/mol. The van der Waals surface area contributed by atoms with Crippen molar-refractivity contribution in [2.45, 2.75) is 19.4 Å². The molecular formula is C15H20FN3O. The molecule has 0 saturated heterocycles. The summed E-state index contributed by atoms with van der Waals surface area (Å²) in [6.07, 6.45) is 4.44. The van der Waals surface area contributed by atoms with E-state index in [0.717, 1.165) is 18.7 Å². The van der Waals surface area contributed by atoms with Crippen molar-refractivity contribution in [3.05, 3.63) is 47.8 Å². The summed E-state index contributed by atoms with van der Waals surface area (Å²) in [6, 6.07) is 4.96. The Bertz CT molecular complexity index is 568. The number of hydrogen-bond donors (Lipinski definition) is 1. The highest BCUT2D eigenvalue weighted by atomic mass is 19.1. The van der Waals surface area contributed by atoms with Crippen LogP contribution in [0.2, 0.25) is 0 Å². The zero-order chi connectivity index (χ0) is 14.5. The zero-order valence-electron chi connectivity index (χ0n) is 12.1. The Morgan fingerprint density at radius 1 is 1.45 bits per heavy atom. The molecule has 1 atom stereocenters. The van der Waals surface area contributed by atoms with Crippen molar-refractivity contribution in [3.8, 4) is 5.75 Å². The van der Waals surface area contributed by atoms with E-state index >= 15 is 0 Å². The molecule has 4 nitrogen and oxygen atoms in total. The van der Waals surface area contributed by atoms with E-state index in [1.807, 2.05) is 11.6 Å². The number of benzene rings is 1. The van der Waals surface area contributed by atoms with Crippen molar-refractivity contribution < 1.29 is 9.13 Å². The Morgan fingerprint density at radius 3 is 2.85 bits per heavy atom. The SMILES string of the molecule is CCCNC(c1cccc(OC)c1F)c1cncn1C. The number of nitrogens with one attached hydrogen (secondary N) is 1. The number of hydrogen-bond acceptors (Lipinski definition) is 3. The summed E-state index contributed by atoms with van der Waals surface area (Å²) in [5.41, 5.74) is 1.49. The fraction of sp³-hybridized carbons (Fsp3) is 0.400. The molecule has 0 bridgehead atoms. The van der Waals surface area contributed by atoms with Crippen LogP contribution in [0.4, 0.5) is 4.39 Å². The van der Waals surface area contributed by atoms with Gasteiger partial charge in [-0.1, -0.05) is 19.1 Å². The van der Waals surface area contributed by atoms with Gasteiger partial charge >= 0.3 is 0 Å². The Balaban J connectivity index is 2.44. The van der Waals surface area contributed by atoms with Gasteiger partial charge in [0.1, 0.15) is 0 Å². The zero-order valence-corrected chi connectivity index (χ0v) is 12.1. The van der Waals surface area contributed by atoms with Crippen LogP contribution in [-0.4, -0.2) is 23.2 Å². The Kier molecular flexibility index (Phi) is 4.74. The smallest absolute Gasteiger partial charge is 0.170 e. The third-order valence-corrected chi connectivity index (χ3v) is 3.27. The Morgan fingerprint density at radius 2 is 2.25 bits per heavy atom. The van der Waals surface area contributed by atoms with E-state index in [2.05, 4.69) is 17.2 Å². The van der Waals surface area contributed by atoms with E-state index in [0.29, 0.717) is 5.56 Å². The highest BCUT2D eigenvalue weighted by Gasteiger charge is 2.21. The average Bonchev–Trinajstić information content (AvgIpc) is 2.87. The number of methoxy groups -OCH3 is 1. The minimum atomic E-state index is -0.329. The molecule has 0 amide bonds. The summed E-state index contributed by atoms with van der Waals surface area (Å²) in [5.74, 6) is -0.0715. The lowest BCUT2D eigenvalue weighted by Gasteiger charge is -2.20. The molecule has 1 unspecified atom stereocenters. The maximum Gasteiger partial charge on any atom is 0.170 e. The Hall–Kier alpha value is -1.88. The van der Waals surface area contributed by atoms with E-state index in [1.165, 1.54) is 7.11 Å². The molecule has 2 rings (SSSR count). The quantitative estimate of drug-likeness (QED) is 0.882. The van der Waals surface area contributed by atoms with Crippen LogP contribution in [-0.2, 0) is 7.05 Å². The summed E-state index contributed by atoms with van der Waals surface area (Å²) in [4.78, 5) is 4.12. The molecule has 1 heterocycles. The second-order valence-electron chi connectivity index (χ2n) is 4.68. The summed E-state index contributed by atoms with van der Waals surface area (Å²) >= 11 is 0. The fourth-order valence-corrected chi connectivity index (χ4v) is 2.22. The molecule has 0 radical (unpaired) electrons. The molecule has 0 fully saturated rings. The maximum atomic E-state index is 14.5. The minimum absolute atomic E-state index is 0.238. The van der Waals surface area contributed by atoms with Gasteiger partial charge in [-0.15, -0.1) is 0 Å². The lowest BCUT2D eigenvalue weighted by Crippen LogP contribution is -2.26. The van der Waals surface area contributed by atoms with Gasteiger partial charge in [-0.05, 0) is 19.0 Å². The molecule has 1 N–H and O–H groups in total. The van der Waals surface area contributed by atoms with Crippen molar-refractivity contribution in [2.24, 2.45) is 7.05 Å². The van der Waals surface area contributed by atoms with E-state index < -0.39 is 0 Å². The first-order chi connectivity index (χ1) is 9.69. The summed E-state index contributed by atoms with van der Waals surface area (Å²) < 4.78 is 21.4. The third-order valence-electron chi connectivity index (χ3n) is 3.27. The van der Waals surface area contributed by atoms with Crippen LogP contribution >= 0.6 is 0 Å². The van der Waals surface area contributed by atoms with E-state index in [-0.39, 0.29) is 17.6 Å². The number of aromatic nitrogens is 2. The maximum absolute atomic E-state index is 14.5. The molecule has 1 aromatic carbocycles. The molecule has 20 heavy (non-hydrogen) atoms. The number of imidazole rings is 1. The van der Waals surface area contributed by atoms with Crippen molar-refractivity contribution >= 4 is 0 Å². The molecule has 0 spiro atoms. The molecular weight excluding hydrogens is 257 g/mol. The van der Waals surface area contributed by atoms with Crippen LogP contribution in [0.25, 0.3) is 0 Å². The molecule has 5 heteroatoms. The topological polar surface area (TPSA) is 39.1 Å². The lowest BCUT2D eigenvalue weighted by molar-refractivity contribution is 0.381. The first kappa shape index (κ1) is 14.5. The van der Waals surface area contributed by atoms with E-state index in [4.69, 9.17) is 4.74 Å². The van der Waals surface area contributed by atoms with Gasteiger partial charge in [0.15, 0.2) is 11.6 Å². The second kappa shape index (κ2) is 6.52. The van der Waals surface area contributed by atoms with Crippen molar-refractivity contribution in [2.75, 3.05) is 13.7 Å². The molecule has 0 aliphatic heterocycles. The van der Waals surface area contributed by atoms with Gasteiger partial charge in [0, 0.05) is 12.6 Å². The van der Waals surface area contributed by atoms with Crippen LogP contribution in [0.5, 0.6) is 5.75 Å². The largest absolute Gasteiger partial charge is 0.494 e. The number of aryl methyl sites for hydroxylation is 1. The number of halogens is 1. The van der Waals surface area contributed by atoms with Crippen molar-refractivity contribution in [1.82, 2.24) is 14.9 Å². The predicted molar refractivity (Wildman–Crippen MR) is 76.3 cm³/mol. The molecule has 0 saturated carbocycles. The van der Waals surface area contributed by atoms with E-state index in [9.17, 15) is 4.39 Å². The van der Waals surface area contributed by atoms with Crippen LogP contribution in [0.1, 0.15) is 30.6 Å². The number of ether oxygens (including phenoxy) is 1. The first-order valence-corrected chi connectivity index (χ1v) is 6.71. The fourth-order valence-electron chi connectivity index (χ4n) is 2.22. The van der Waals surface area contributed by atoms with Crippen molar-refractivity contribution in [1.29, 1.82) is 0 Å². The lowest BCUT2D eigenvalue weighted by atomic mass is 10.0. The van der Waals surface area contributed by atoms with Gasteiger partial charge in [-0.25, -0.2) is 9.37 Å². The van der Waals surface area contributed by atoms with Crippen LogP contribution < -0.4 is 10.1 Å². The predicted octanol–water partition coefficient (Wildman–Crippen LogP) is 2.66. The van der Waals surface area contributed by atoms with Crippen LogP contribution in [0, 0.1) is 5.82 Å². The molecule has 0 aliphatic carbocycles. The third kappa shape index (κ3) is 2.82. The standard InChI is InChI=1S/C15H20FN3O/c1-4-8-18-15(12-9-17-10-19(12)2)11-6-5-7-13(20-3)14(11)16/h5-7,9-10,15,18H,4,8H2,1-3H3. The van der Waals surface area contributed by atoms with Gasteiger partial charge < -0.3 is 14.6 Å². The summed E-state index contributed by atoms with van der Waals surface area (Å²) in [5, 5.41) is 3.36. The number of nitrogens with zero attached hydrogens (tertiary/aromatic N) is 2. The van der Waals surface area contributed by atoms with Crippen LogP contribution in [0.3, 0.4) is 0 Å². The summed E-state index contributed by atoms with van der Waals surface area (Å²) in [7, 11) is 3.38. The molecule has 108 valence electrons. The average molecular weight is 277 g/mol. The number of rotatable bonds is 6. The Labute approximate surface area is 118 Å².